The molecule has 10 heteroatoms. The van der Waals surface area contributed by atoms with Gasteiger partial charge in [0.25, 0.3) is 0 Å². The number of carbonyl (C=O) groups is 1. The monoisotopic (exact) mass is 535 g/mol. The zero-order valence-corrected chi connectivity index (χ0v) is 21.8. The molecule has 2 N–H and O–H groups in total. The third kappa shape index (κ3) is 5.50. The second-order valence-electron chi connectivity index (χ2n) is 7.82. The smallest absolute Gasteiger partial charge is 0.247 e. The fraction of sp³-hybridized carbons (Fsp3) is 0.111. The minimum Gasteiger partial charge on any atom is -0.495 e. The van der Waals surface area contributed by atoms with E-state index in [9.17, 15) is 4.79 Å². The second-order valence-corrected chi connectivity index (χ2v) is 8.58. The maximum atomic E-state index is 11.6. The molecule has 0 aliphatic carbocycles. The van der Waals surface area contributed by atoms with Crippen molar-refractivity contribution in [3.05, 3.63) is 83.3 Å². The molecule has 0 aliphatic rings. The van der Waals surface area contributed by atoms with Gasteiger partial charge in [-0.2, -0.15) is 0 Å². The summed E-state index contributed by atoms with van der Waals surface area (Å²) in [4.78, 5) is 25.1. The molecule has 0 unspecified atom stereocenters. The van der Waals surface area contributed by atoms with Gasteiger partial charge in [0.05, 0.1) is 31.3 Å². The molecule has 2 aromatic heterocycles. The Kier molecular flexibility index (Phi) is 7.91. The Morgan fingerprint density at radius 3 is 2.24 bits per heavy atom. The molecule has 0 fully saturated rings. The first-order chi connectivity index (χ1) is 17.9. The molecule has 4 aromatic rings. The number of amides is 1. The van der Waals surface area contributed by atoms with Gasteiger partial charge in [-0.15, -0.1) is 0 Å². The fourth-order valence-corrected chi connectivity index (χ4v) is 4.29. The topological polar surface area (TPSA) is 98.3 Å². The van der Waals surface area contributed by atoms with E-state index >= 15 is 0 Å². The number of rotatable bonds is 8. The van der Waals surface area contributed by atoms with Crippen molar-refractivity contribution >= 4 is 46.3 Å². The quantitative estimate of drug-likeness (QED) is 0.242. The van der Waals surface area contributed by atoms with E-state index in [4.69, 9.17) is 32.7 Å². The van der Waals surface area contributed by atoms with Crippen LogP contribution >= 0.6 is 23.2 Å². The first-order valence-electron chi connectivity index (χ1n) is 11.0. The zero-order valence-electron chi connectivity index (χ0n) is 20.3. The van der Waals surface area contributed by atoms with Crippen molar-refractivity contribution in [3.63, 3.8) is 0 Å². The molecule has 0 radical (unpaired) electrons. The molecule has 0 saturated carbocycles. The molecule has 8 nitrogen and oxygen atoms in total. The number of methoxy groups -OCH3 is 2. The highest BCUT2D eigenvalue weighted by Gasteiger charge is 2.20. The molecule has 2 aromatic carbocycles. The number of carbonyl (C=O) groups excluding carboxylic acids is 1. The summed E-state index contributed by atoms with van der Waals surface area (Å²) in [7, 11) is 3.02. The predicted octanol–water partition coefficient (Wildman–Crippen LogP) is 6.71. The largest absolute Gasteiger partial charge is 0.495 e. The Morgan fingerprint density at radius 1 is 0.946 bits per heavy atom. The van der Waals surface area contributed by atoms with Crippen molar-refractivity contribution in [2.75, 3.05) is 24.9 Å². The summed E-state index contributed by atoms with van der Waals surface area (Å²) in [6.45, 7) is 5.42. The van der Waals surface area contributed by atoms with Gasteiger partial charge in [-0.25, -0.2) is 15.0 Å². The standard InChI is InChI=1S/C27H23Cl2N5O3/c1-5-23(35)33-16-8-9-17(15(2)11-16)19-12-20(32-14-31-19)18-7-6-10-30-27(18)34-26-24(28)21(36-3)13-22(37-4)25(26)29/h5-14H,1H2,2-4H3,(H,30,34)(H,33,35). The highest BCUT2D eigenvalue weighted by atomic mass is 35.5. The number of hydrogen-bond acceptors (Lipinski definition) is 7. The average molecular weight is 536 g/mol. The number of nitrogens with one attached hydrogen (secondary N) is 2. The number of benzene rings is 2. The molecule has 2 heterocycles. The predicted molar refractivity (Wildman–Crippen MR) is 147 cm³/mol. The Bertz CT molecular complexity index is 1470. The summed E-state index contributed by atoms with van der Waals surface area (Å²) < 4.78 is 10.7. The lowest BCUT2D eigenvalue weighted by Crippen LogP contribution is -2.07. The van der Waals surface area contributed by atoms with Gasteiger partial charge < -0.3 is 20.1 Å². The number of nitrogens with zero attached hydrogens (tertiary/aromatic N) is 3. The highest BCUT2D eigenvalue weighted by Crippen LogP contribution is 2.45. The lowest BCUT2D eigenvalue weighted by molar-refractivity contribution is -0.111. The first kappa shape index (κ1) is 25.9. The summed E-state index contributed by atoms with van der Waals surface area (Å²) in [6.07, 6.45) is 4.36. The van der Waals surface area contributed by atoms with Crippen molar-refractivity contribution in [2.45, 2.75) is 6.92 Å². The minimum absolute atomic E-state index is 0.276. The summed E-state index contributed by atoms with van der Waals surface area (Å²) in [5, 5.41) is 6.54. The van der Waals surface area contributed by atoms with Crippen LogP contribution in [-0.4, -0.2) is 35.1 Å². The molecule has 0 spiro atoms. The van der Waals surface area contributed by atoms with E-state index in [0.29, 0.717) is 45.6 Å². The number of anilines is 3. The Labute approximate surface area is 224 Å². The third-order valence-electron chi connectivity index (χ3n) is 5.52. The zero-order chi connectivity index (χ0) is 26.5. The number of pyridine rings is 1. The van der Waals surface area contributed by atoms with Gasteiger partial charge in [0.2, 0.25) is 5.91 Å². The van der Waals surface area contributed by atoms with E-state index in [1.165, 1.54) is 26.6 Å². The summed E-state index contributed by atoms with van der Waals surface area (Å²) in [5.41, 5.74) is 4.92. The van der Waals surface area contributed by atoms with Crippen molar-refractivity contribution in [1.29, 1.82) is 0 Å². The van der Waals surface area contributed by atoms with Crippen LogP contribution < -0.4 is 20.1 Å². The number of aryl methyl sites for hydroxylation is 1. The van der Waals surface area contributed by atoms with Gasteiger partial charge in [-0.05, 0) is 48.9 Å². The van der Waals surface area contributed by atoms with Crippen LogP contribution in [0.4, 0.5) is 17.2 Å². The van der Waals surface area contributed by atoms with Gasteiger partial charge in [0, 0.05) is 29.1 Å². The van der Waals surface area contributed by atoms with Crippen molar-refractivity contribution in [1.82, 2.24) is 15.0 Å². The van der Waals surface area contributed by atoms with E-state index in [1.54, 1.807) is 18.3 Å². The maximum Gasteiger partial charge on any atom is 0.247 e. The van der Waals surface area contributed by atoms with Crippen molar-refractivity contribution in [2.24, 2.45) is 0 Å². The molecule has 0 saturated heterocycles. The van der Waals surface area contributed by atoms with E-state index in [2.05, 4.69) is 32.2 Å². The minimum atomic E-state index is -0.276. The SMILES string of the molecule is C=CC(=O)Nc1ccc(-c2cc(-c3cccnc3Nc3c(Cl)c(OC)cc(OC)c3Cl)ncn2)c(C)c1. The van der Waals surface area contributed by atoms with Crippen LogP contribution in [0, 0.1) is 6.92 Å². The van der Waals surface area contributed by atoms with Gasteiger partial charge in [0.15, 0.2) is 0 Å². The molecule has 1 amide bonds. The molecule has 4 rings (SSSR count). The Balaban J connectivity index is 1.73. The molecule has 0 aliphatic heterocycles. The van der Waals surface area contributed by atoms with E-state index in [1.807, 2.05) is 37.3 Å². The van der Waals surface area contributed by atoms with E-state index < -0.39 is 0 Å². The molecular weight excluding hydrogens is 513 g/mol. The van der Waals surface area contributed by atoms with Crippen LogP contribution in [0.5, 0.6) is 11.5 Å². The van der Waals surface area contributed by atoms with Crippen LogP contribution in [0.1, 0.15) is 5.56 Å². The van der Waals surface area contributed by atoms with Crippen LogP contribution in [0.15, 0.2) is 67.6 Å². The van der Waals surface area contributed by atoms with Crippen LogP contribution in [-0.2, 0) is 4.79 Å². The van der Waals surface area contributed by atoms with Crippen molar-refractivity contribution < 1.29 is 14.3 Å². The Hall–Kier alpha value is -4.14. The third-order valence-corrected chi connectivity index (χ3v) is 6.27. The van der Waals surface area contributed by atoms with Crippen LogP contribution in [0.25, 0.3) is 22.5 Å². The summed E-state index contributed by atoms with van der Waals surface area (Å²) in [6, 6.07) is 12.7. The molecule has 0 bridgehead atoms. The first-order valence-corrected chi connectivity index (χ1v) is 11.8. The number of hydrogen-bond donors (Lipinski definition) is 2. The second kappa shape index (κ2) is 11.3. The lowest BCUT2D eigenvalue weighted by atomic mass is 10.0. The van der Waals surface area contributed by atoms with E-state index in [-0.39, 0.29) is 16.0 Å². The molecule has 188 valence electrons. The van der Waals surface area contributed by atoms with Gasteiger partial charge >= 0.3 is 0 Å². The van der Waals surface area contributed by atoms with E-state index in [0.717, 1.165) is 11.1 Å². The average Bonchev–Trinajstić information content (AvgIpc) is 2.91. The highest BCUT2D eigenvalue weighted by molar-refractivity contribution is 6.41. The molecular formula is C27H23Cl2N5O3. The number of aromatic nitrogens is 3. The molecule has 0 atom stereocenters. The maximum absolute atomic E-state index is 11.6. The van der Waals surface area contributed by atoms with Gasteiger partial charge in [-0.3, -0.25) is 4.79 Å². The van der Waals surface area contributed by atoms with Crippen LogP contribution in [0.2, 0.25) is 10.0 Å². The van der Waals surface area contributed by atoms with Crippen molar-refractivity contribution in [3.8, 4) is 34.0 Å². The normalized spacial score (nSPS) is 10.5. The van der Waals surface area contributed by atoms with Gasteiger partial charge in [0.1, 0.15) is 33.7 Å². The Morgan fingerprint density at radius 2 is 1.62 bits per heavy atom. The summed E-state index contributed by atoms with van der Waals surface area (Å²) in [5.74, 6) is 0.998. The van der Waals surface area contributed by atoms with Gasteiger partial charge in [-0.1, -0.05) is 35.8 Å². The number of ether oxygens (including phenoxy) is 2. The number of halogens is 2. The van der Waals surface area contributed by atoms with Crippen LogP contribution in [0.3, 0.4) is 0 Å². The fourth-order valence-electron chi connectivity index (χ4n) is 3.70. The lowest BCUT2D eigenvalue weighted by Gasteiger charge is -2.17. The summed E-state index contributed by atoms with van der Waals surface area (Å²) >= 11 is 13.1. The molecule has 37 heavy (non-hydrogen) atoms.